The van der Waals surface area contributed by atoms with E-state index in [0.717, 1.165) is 5.56 Å². The molecule has 3 N–H and O–H groups in total. The second-order valence-electron chi connectivity index (χ2n) is 4.62. The van der Waals surface area contributed by atoms with Crippen LogP contribution < -0.4 is 10.1 Å². The maximum atomic E-state index is 11.9. The number of aryl methyl sites for hydroxylation is 1. The van der Waals surface area contributed by atoms with Gasteiger partial charge in [-0.3, -0.25) is 4.79 Å². The van der Waals surface area contributed by atoms with Gasteiger partial charge in [-0.2, -0.15) is 0 Å². The maximum absolute atomic E-state index is 11.9. The van der Waals surface area contributed by atoms with Gasteiger partial charge in [0.25, 0.3) is 0 Å². The first-order valence-corrected chi connectivity index (χ1v) is 6.19. The van der Waals surface area contributed by atoms with Crippen LogP contribution in [0, 0.1) is 6.92 Å². The predicted octanol–water partition coefficient (Wildman–Crippen LogP) is 0.496. The maximum Gasteiger partial charge on any atom is 0.328 e. The van der Waals surface area contributed by atoms with Crippen LogP contribution in [-0.4, -0.2) is 41.3 Å². The molecular weight excluding hydrogens is 262 g/mol. The highest BCUT2D eigenvalue weighted by Gasteiger charge is 2.25. The van der Waals surface area contributed by atoms with Crippen molar-refractivity contribution >= 4 is 11.9 Å². The number of rotatable bonds is 6. The fourth-order valence-corrected chi connectivity index (χ4v) is 1.83. The molecule has 0 aromatic heterocycles. The lowest BCUT2D eigenvalue weighted by Gasteiger charge is -2.17. The average Bonchev–Trinajstić information content (AvgIpc) is 2.35. The van der Waals surface area contributed by atoms with Gasteiger partial charge in [0.1, 0.15) is 5.75 Å². The third-order valence-electron chi connectivity index (χ3n) is 2.85. The highest BCUT2D eigenvalue weighted by atomic mass is 16.5. The molecule has 20 heavy (non-hydrogen) atoms. The van der Waals surface area contributed by atoms with E-state index in [1.54, 1.807) is 12.1 Å². The normalized spacial score (nSPS) is 13.4. The lowest BCUT2D eigenvalue weighted by molar-refractivity contribution is -0.144. The van der Waals surface area contributed by atoms with Crippen LogP contribution in [0.5, 0.6) is 5.75 Å². The van der Waals surface area contributed by atoms with Gasteiger partial charge in [-0.05, 0) is 19.9 Å². The fourth-order valence-electron chi connectivity index (χ4n) is 1.83. The van der Waals surface area contributed by atoms with Gasteiger partial charge < -0.3 is 20.3 Å². The number of benzene rings is 1. The molecule has 6 heteroatoms. The second-order valence-corrected chi connectivity index (χ2v) is 4.62. The molecule has 0 spiro atoms. The predicted molar refractivity (Wildman–Crippen MR) is 72.7 cm³/mol. The van der Waals surface area contributed by atoms with Gasteiger partial charge in [0.05, 0.1) is 19.6 Å². The third-order valence-corrected chi connectivity index (χ3v) is 2.85. The molecule has 0 radical (unpaired) electrons. The van der Waals surface area contributed by atoms with Gasteiger partial charge in [0.2, 0.25) is 5.91 Å². The van der Waals surface area contributed by atoms with Crippen molar-refractivity contribution in [2.75, 3.05) is 7.11 Å². The number of methoxy groups -OCH3 is 1. The molecule has 2 unspecified atom stereocenters. The molecule has 1 aromatic rings. The topological polar surface area (TPSA) is 95.9 Å². The summed E-state index contributed by atoms with van der Waals surface area (Å²) in [6.45, 7) is 3.20. The molecule has 1 aromatic carbocycles. The molecule has 0 heterocycles. The van der Waals surface area contributed by atoms with E-state index in [4.69, 9.17) is 9.84 Å². The summed E-state index contributed by atoms with van der Waals surface area (Å²) in [7, 11) is 1.50. The van der Waals surface area contributed by atoms with E-state index in [1.165, 1.54) is 14.0 Å². The number of hydrogen-bond donors (Lipinski definition) is 3. The zero-order chi connectivity index (χ0) is 15.3. The van der Waals surface area contributed by atoms with Crippen LogP contribution in [0.4, 0.5) is 0 Å². The molecule has 0 aliphatic carbocycles. The minimum atomic E-state index is -1.32. The van der Waals surface area contributed by atoms with Gasteiger partial charge in [-0.1, -0.05) is 17.7 Å². The average molecular weight is 281 g/mol. The van der Waals surface area contributed by atoms with E-state index in [-0.39, 0.29) is 6.42 Å². The Hall–Kier alpha value is -2.08. The van der Waals surface area contributed by atoms with Crippen molar-refractivity contribution in [2.45, 2.75) is 32.4 Å². The zero-order valence-electron chi connectivity index (χ0n) is 11.7. The van der Waals surface area contributed by atoms with Crippen molar-refractivity contribution in [1.29, 1.82) is 0 Å². The first kappa shape index (κ1) is 16.0. The molecule has 1 rings (SSSR count). The Bertz CT molecular complexity index is 498. The Balaban J connectivity index is 2.80. The fraction of sp³-hybridized carbons (Fsp3) is 0.429. The first-order valence-electron chi connectivity index (χ1n) is 6.19. The van der Waals surface area contributed by atoms with Crippen molar-refractivity contribution in [1.82, 2.24) is 5.32 Å². The van der Waals surface area contributed by atoms with Crippen LogP contribution in [0.15, 0.2) is 18.2 Å². The number of aliphatic carboxylic acids is 1. The molecule has 0 saturated heterocycles. The Kier molecular flexibility index (Phi) is 5.52. The van der Waals surface area contributed by atoms with Crippen LogP contribution in [0.2, 0.25) is 0 Å². The van der Waals surface area contributed by atoms with Gasteiger partial charge in [0.15, 0.2) is 6.04 Å². The number of aliphatic hydroxyl groups is 1. The van der Waals surface area contributed by atoms with E-state index < -0.39 is 24.0 Å². The molecule has 6 nitrogen and oxygen atoms in total. The number of carboxylic acid groups (broad SMARTS) is 1. The Morgan fingerprint density at radius 2 is 2.05 bits per heavy atom. The molecule has 1 amide bonds. The monoisotopic (exact) mass is 281 g/mol. The summed E-state index contributed by atoms with van der Waals surface area (Å²) < 4.78 is 5.16. The number of ether oxygens (including phenoxy) is 1. The summed E-state index contributed by atoms with van der Waals surface area (Å²) in [5, 5.41) is 20.5. The summed E-state index contributed by atoms with van der Waals surface area (Å²) in [6.07, 6.45) is -1.18. The number of carboxylic acids is 1. The van der Waals surface area contributed by atoms with Crippen LogP contribution in [0.1, 0.15) is 18.1 Å². The summed E-state index contributed by atoms with van der Waals surface area (Å²) in [5.41, 5.74) is 1.64. The molecule has 0 fully saturated rings. The lowest BCUT2D eigenvalue weighted by Crippen LogP contribution is -2.48. The number of amides is 1. The van der Waals surface area contributed by atoms with E-state index in [9.17, 15) is 14.7 Å². The molecule has 0 aliphatic rings. The van der Waals surface area contributed by atoms with Crippen molar-refractivity contribution in [2.24, 2.45) is 0 Å². The lowest BCUT2D eigenvalue weighted by atomic mass is 10.1. The molecule has 0 aliphatic heterocycles. The van der Waals surface area contributed by atoms with E-state index in [1.807, 2.05) is 13.0 Å². The van der Waals surface area contributed by atoms with E-state index in [0.29, 0.717) is 11.3 Å². The summed E-state index contributed by atoms with van der Waals surface area (Å²) in [6, 6.07) is 4.09. The Morgan fingerprint density at radius 3 is 2.55 bits per heavy atom. The molecule has 2 atom stereocenters. The SMILES string of the molecule is COc1ccc(C)cc1CC(=O)NC(C(=O)O)C(C)O. The molecule has 110 valence electrons. The summed E-state index contributed by atoms with van der Waals surface area (Å²) in [5.74, 6) is -1.19. The van der Waals surface area contributed by atoms with Gasteiger partial charge in [-0.15, -0.1) is 0 Å². The smallest absolute Gasteiger partial charge is 0.328 e. The van der Waals surface area contributed by atoms with Crippen molar-refractivity contribution in [3.8, 4) is 5.75 Å². The van der Waals surface area contributed by atoms with Crippen LogP contribution >= 0.6 is 0 Å². The minimum Gasteiger partial charge on any atom is -0.496 e. The van der Waals surface area contributed by atoms with Crippen molar-refractivity contribution in [3.63, 3.8) is 0 Å². The van der Waals surface area contributed by atoms with E-state index >= 15 is 0 Å². The summed E-state index contributed by atoms with van der Waals surface area (Å²) in [4.78, 5) is 22.8. The quantitative estimate of drug-likeness (QED) is 0.705. The highest BCUT2D eigenvalue weighted by Crippen LogP contribution is 2.20. The van der Waals surface area contributed by atoms with Crippen molar-refractivity contribution < 1.29 is 24.5 Å². The Morgan fingerprint density at radius 1 is 1.40 bits per heavy atom. The van der Waals surface area contributed by atoms with Crippen LogP contribution in [0.25, 0.3) is 0 Å². The number of hydrogen-bond acceptors (Lipinski definition) is 4. The van der Waals surface area contributed by atoms with Gasteiger partial charge >= 0.3 is 5.97 Å². The number of carbonyl (C=O) groups excluding carboxylic acids is 1. The standard InChI is InChI=1S/C14H19NO5/c1-8-4-5-11(20-3)10(6-8)7-12(17)15-13(9(2)16)14(18)19/h4-6,9,13,16H,7H2,1-3H3,(H,15,17)(H,18,19). The van der Waals surface area contributed by atoms with E-state index in [2.05, 4.69) is 5.32 Å². The molecular formula is C14H19NO5. The van der Waals surface area contributed by atoms with Crippen LogP contribution in [-0.2, 0) is 16.0 Å². The minimum absolute atomic E-state index is 0.0125. The zero-order valence-corrected chi connectivity index (χ0v) is 11.7. The van der Waals surface area contributed by atoms with Crippen LogP contribution in [0.3, 0.4) is 0 Å². The largest absolute Gasteiger partial charge is 0.496 e. The number of carbonyl (C=O) groups is 2. The molecule has 0 bridgehead atoms. The van der Waals surface area contributed by atoms with Gasteiger partial charge in [0, 0.05) is 5.56 Å². The highest BCUT2D eigenvalue weighted by molar-refractivity contribution is 5.85. The number of aliphatic hydroxyl groups excluding tert-OH is 1. The Labute approximate surface area is 117 Å². The first-order chi connectivity index (χ1) is 9.35. The summed E-state index contributed by atoms with van der Waals surface area (Å²) >= 11 is 0. The second kappa shape index (κ2) is 6.91. The van der Waals surface area contributed by atoms with Crippen molar-refractivity contribution in [3.05, 3.63) is 29.3 Å². The molecule has 0 saturated carbocycles. The van der Waals surface area contributed by atoms with Gasteiger partial charge in [-0.25, -0.2) is 4.79 Å². The third kappa shape index (κ3) is 4.24. The number of nitrogens with one attached hydrogen (secondary N) is 1.